The summed E-state index contributed by atoms with van der Waals surface area (Å²) >= 11 is 0. The van der Waals surface area contributed by atoms with E-state index in [1.165, 1.54) is 0 Å². The number of fused-ring (bicyclic) bond motifs is 1. The van der Waals surface area contributed by atoms with Crippen LogP contribution in [0.5, 0.6) is 5.75 Å². The highest BCUT2D eigenvalue weighted by atomic mass is 16.5. The highest BCUT2D eigenvalue weighted by Gasteiger charge is 2.28. The molecule has 0 radical (unpaired) electrons. The molecule has 3 heteroatoms. The van der Waals surface area contributed by atoms with E-state index in [-0.39, 0.29) is 0 Å². The van der Waals surface area contributed by atoms with Gasteiger partial charge in [-0.15, -0.1) is 0 Å². The smallest absolute Gasteiger partial charge is 0.125 e. The predicted molar refractivity (Wildman–Crippen MR) is 52.3 cm³/mol. The lowest BCUT2D eigenvalue weighted by molar-refractivity contribution is 0.00505. The Morgan fingerprint density at radius 3 is 2.86 bits per heavy atom. The molecule has 1 aromatic rings. The standard InChI is InChI=1S/C11H14O3/c1-14-9-4-2-3-7-5-6-8(12)11(13)10(7)9/h2-4,8,11-13H,5-6H2,1H3/t8-,11-/m0/s1. The van der Waals surface area contributed by atoms with Gasteiger partial charge in [-0.25, -0.2) is 0 Å². The van der Waals surface area contributed by atoms with Gasteiger partial charge in [0.15, 0.2) is 0 Å². The first-order valence-electron chi connectivity index (χ1n) is 4.76. The fourth-order valence-electron chi connectivity index (χ4n) is 1.97. The highest BCUT2D eigenvalue weighted by Crippen LogP contribution is 2.36. The maximum absolute atomic E-state index is 9.81. The number of aliphatic hydroxyl groups excluding tert-OH is 2. The van der Waals surface area contributed by atoms with Crippen molar-refractivity contribution in [2.24, 2.45) is 0 Å². The van der Waals surface area contributed by atoms with E-state index < -0.39 is 12.2 Å². The van der Waals surface area contributed by atoms with Gasteiger partial charge in [0.1, 0.15) is 11.9 Å². The Hall–Kier alpha value is -1.06. The van der Waals surface area contributed by atoms with E-state index in [4.69, 9.17) is 4.74 Å². The minimum absolute atomic E-state index is 0.612. The van der Waals surface area contributed by atoms with Crippen LogP contribution in [-0.2, 0) is 6.42 Å². The number of ether oxygens (including phenoxy) is 1. The Bertz CT molecular complexity index is 321. The zero-order valence-corrected chi connectivity index (χ0v) is 8.10. The van der Waals surface area contributed by atoms with Gasteiger partial charge < -0.3 is 14.9 Å². The van der Waals surface area contributed by atoms with Gasteiger partial charge >= 0.3 is 0 Å². The average Bonchev–Trinajstić information content (AvgIpc) is 2.23. The summed E-state index contributed by atoms with van der Waals surface area (Å²) in [5, 5.41) is 19.4. The third-order valence-corrected chi connectivity index (χ3v) is 2.75. The topological polar surface area (TPSA) is 49.7 Å². The zero-order chi connectivity index (χ0) is 10.1. The van der Waals surface area contributed by atoms with Crippen molar-refractivity contribution in [3.63, 3.8) is 0 Å². The summed E-state index contributed by atoms with van der Waals surface area (Å²) in [5.41, 5.74) is 1.82. The molecule has 0 unspecified atom stereocenters. The number of hydrogen-bond acceptors (Lipinski definition) is 3. The van der Waals surface area contributed by atoms with E-state index >= 15 is 0 Å². The van der Waals surface area contributed by atoms with Crippen LogP contribution in [0.3, 0.4) is 0 Å². The first-order chi connectivity index (χ1) is 6.74. The second kappa shape index (κ2) is 3.59. The molecule has 0 saturated heterocycles. The van der Waals surface area contributed by atoms with Crippen molar-refractivity contribution in [3.8, 4) is 5.75 Å². The zero-order valence-electron chi connectivity index (χ0n) is 8.10. The van der Waals surface area contributed by atoms with Gasteiger partial charge in [-0.1, -0.05) is 12.1 Å². The van der Waals surface area contributed by atoms with E-state index in [0.717, 1.165) is 17.5 Å². The van der Waals surface area contributed by atoms with Crippen LogP contribution in [0.2, 0.25) is 0 Å². The molecule has 2 atom stereocenters. The van der Waals surface area contributed by atoms with E-state index in [9.17, 15) is 10.2 Å². The molecule has 0 amide bonds. The lowest BCUT2D eigenvalue weighted by Gasteiger charge is -2.27. The van der Waals surface area contributed by atoms with E-state index in [1.807, 2.05) is 12.1 Å². The van der Waals surface area contributed by atoms with Crippen LogP contribution in [0.4, 0.5) is 0 Å². The van der Waals surface area contributed by atoms with Crippen LogP contribution in [0.15, 0.2) is 18.2 Å². The van der Waals surface area contributed by atoms with Gasteiger partial charge in [0.2, 0.25) is 0 Å². The number of aryl methyl sites for hydroxylation is 1. The van der Waals surface area contributed by atoms with Crippen molar-refractivity contribution in [1.29, 1.82) is 0 Å². The molecule has 0 heterocycles. The maximum Gasteiger partial charge on any atom is 0.125 e. The molecule has 1 aliphatic rings. The van der Waals surface area contributed by atoms with E-state index in [0.29, 0.717) is 12.2 Å². The second-order valence-electron chi connectivity index (χ2n) is 3.58. The number of aliphatic hydroxyl groups is 2. The van der Waals surface area contributed by atoms with Crippen LogP contribution in [-0.4, -0.2) is 23.4 Å². The number of rotatable bonds is 1. The largest absolute Gasteiger partial charge is 0.496 e. The van der Waals surface area contributed by atoms with Crippen molar-refractivity contribution >= 4 is 0 Å². The van der Waals surface area contributed by atoms with Crippen LogP contribution in [0.1, 0.15) is 23.7 Å². The summed E-state index contributed by atoms with van der Waals surface area (Å²) in [6.45, 7) is 0. The summed E-state index contributed by atoms with van der Waals surface area (Å²) in [7, 11) is 1.57. The number of benzene rings is 1. The first-order valence-corrected chi connectivity index (χ1v) is 4.76. The highest BCUT2D eigenvalue weighted by molar-refractivity contribution is 5.43. The summed E-state index contributed by atoms with van der Waals surface area (Å²) in [4.78, 5) is 0. The first kappa shape index (κ1) is 9.49. The van der Waals surface area contributed by atoms with Gasteiger partial charge in [-0.05, 0) is 24.5 Å². The lowest BCUT2D eigenvalue weighted by Crippen LogP contribution is -2.25. The molecule has 0 fully saturated rings. The van der Waals surface area contributed by atoms with Gasteiger partial charge in [-0.2, -0.15) is 0 Å². The van der Waals surface area contributed by atoms with Crippen molar-refractivity contribution in [2.45, 2.75) is 25.0 Å². The Balaban J connectivity index is 2.49. The van der Waals surface area contributed by atoms with Crippen LogP contribution in [0, 0.1) is 0 Å². The fraction of sp³-hybridized carbons (Fsp3) is 0.455. The van der Waals surface area contributed by atoms with Crippen LogP contribution in [0.25, 0.3) is 0 Å². The summed E-state index contributed by atoms with van der Waals surface area (Å²) in [6, 6.07) is 5.68. The van der Waals surface area contributed by atoms with E-state index in [1.54, 1.807) is 13.2 Å². The van der Waals surface area contributed by atoms with Crippen LogP contribution >= 0.6 is 0 Å². The number of hydrogen-bond donors (Lipinski definition) is 2. The molecule has 0 aromatic heterocycles. The molecule has 3 nitrogen and oxygen atoms in total. The number of methoxy groups -OCH3 is 1. The van der Waals surface area contributed by atoms with E-state index in [2.05, 4.69) is 0 Å². The van der Waals surface area contributed by atoms with Crippen molar-refractivity contribution < 1.29 is 14.9 Å². The molecule has 2 N–H and O–H groups in total. The lowest BCUT2D eigenvalue weighted by atomic mass is 9.87. The minimum Gasteiger partial charge on any atom is -0.496 e. The Kier molecular flexibility index (Phi) is 2.44. The second-order valence-corrected chi connectivity index (χ2v) is 3.58. The van der Waals surface area contributed by atoms with Gasteiger partial charge in [0, 0.05) is 5.56 Å². The summed E-state index contributed by atoms with van der Waals surface area (Å²) < 4.78 is 5.16. The summed E-state index contributed by atoms with van der Waals surface area (Å²) in [6.07, 6.45) is -0.0692. The monoisotopic (exact) mass is 194 g/mol. The maximum atomic E-state index is 9.81. The third-order valence-electron chi connectivity index (χ3n) is 2.75. The molecule has 1 aliphatic carbocycles. The molecule has 0 spiro atoms. The van der Waals surface area contributed by atoms with Crippen molar-refractivity contribution in [1.82, 2.24) is 0 Å². The fourth-order valence-corrected chi connectivity index (χ4v) is 1.97. The van der Waals surface area contributed by atoms with Gasteiger partial charge in [0.05, 0.1) is 13.2 Å². The molecule has 0 bridgehead atoms. The molecule has 2 rings (SSSR count). The normalized spacial score (nSPS) is 25.6. The molecule has 0 aliphatic heterocycles. The van der Waals surface area contributed by atoms with Gasteiger partial charge in [0.25, 0.3) is 0 Å². The molecule has 76 valence electrons. The molecule has 14 heavy (non-hydrogen) atoms. The van der Waals surface area contributed by atoms with Crippen molar-refractivity contribution in [3.05, 3.63) is 29.3 Å². The molecule has 0 saturated carbocycles. The molecule has 1 aromatic carbocycles. The Morgan fingerprint density at radius 2 is 2.14 bits per heavy atom. The SMILES string of the molecule is COc1cccc2c1[C@@H](O)[C@@H](O)CC2. The minimum atomic E-state index is -0.810. The quantitative estimate of drug-likeness (QED) is 0.702. The van der Waals surface area contributed by atoms with Crippen molar-refractivity contribution in [2.75, 3.05) is 7.11 Å². The Morgan fingerprint density at radius 1 is 1.36 bits per heavy atom. The molecular weight excluding hydrogens is 180 g/mol. The summed E-state index contributed by atoms with van der Waals surface area (Å²) in [5.74, 6) is 0.661. The van der Waals surface area contributed by atoms with Crippen LogP contribution < -0.4 is 4.74 Å². The average molecular weight is 194 g/mol. The van der Waals surface area contributed by atoms with Gasteiger partial charge in [-0.3, -0.25) is 0 Å². The Labute approximate surface area is 83.0 Å². The molecular formula is C11H14O3. The predicted octanol–water partition coefficient (Wildman–Crippen LogP) is 1.04. The third kappa shape index (κ3) is 1.38.